The van der Waals surface area contributed by atoms with Crippen molar-refractivity contribution in [3.8, 4) is 0 Å². The van der Waals surface area contributed by atoms with Crippen molar-refractivity contribution in [2.45, 2.75) is 19.1 Å². The Hall–Kier alpha value is -2.28. The van der Waals surface area contributed by atoms with Gasteiger partial charge in [0.05, 0.1) is 18.2 Å². The van der Waals surface area contributed by atoms with Gasteiger partial charge < -0.3 is 10.4 Å². The fourth-order valence-corrected chi connectivity index (χ4v) is 2.89. The second-order valence-electron chi connectivity index (χ2n) is 5.12. The summed E-state index contributed by atoms with van der Waals surface area (Å²) in [7, 11) is 1.79. The number of carboxylic acids is 1. The van der Waals surface area contributed by atoms with Crippen LogP contribution in [0.4, 0.5) is 5.69 Å². The predicted octanol–water partition coefficient (Wildman–Crippen LogP) is 2.69. The highest BCUT2D eigenvalue weighted by molar-refractivity contribution is 7.98. The molecule has 0 bridgehead atoms. The second-order valence-corrected chi connectivity index (χ2v) is 6.22. The molecule has 0 saturated carbocycles. The molecule has 1 amide bonds. The number of benzene rings is 1. The molecule has 6 nitrogen and oxygen atoms in total. The number of hydrogen-bond acceptors (Lipinski definition) is 4. The highest BCUT2D eigenvalue weighted by atomic mass is 32.2. The minimum Gasteiger partial charge on any atom is -0.481 e. The van der Waals surface area contributed by atoms with Gasteiger partial charge in [0.2, 0.25) is 0 Å². The van der Waals surface area contributed by atoms with Crippen LogP contribution in [0.1, 0.15) is 28.0 Å². The van der Waals surface area contributed by atoms with Gasteiger partial charge in [0.25, 0.3) is 5.91 Å². The molecular formula is C16H19N3O3S. The van der Waals surface area contributed by atoms with Gasteiger partial charge in [-0.1, -0.05) is 12.1 Å². The number of carbonyl (C=O) groups is 2. The number of anilines is 1. The number of hydrogen-bond donors (Lipinski definition) is 2. The molecule has 23 heavy (non-hydrogen) atoms. The first-order valence-electron chi connectivity index (χ1n) is 7.16. The highest BCUT2D eigenvalue weighted by Gasteiger charge is 2.13. The zero-order valence-corrected chi connectivity index (χ0v) is 13.9. The maximum atomic E-state index is 12.3. The van der Waals surface area contributed by atoms with Crippen LogP contribution in [-0.2, 0) is 17.6 Å². The Morgan fingerprint density at radius 3 is 2.83 bits per heavy atom. The molecule has 1 aromatic carbocycles. The summed E-state index contributed by atoms with van der Waals surface area (Å²) in [6, 6.07) is 7.56. The Kier molecular flexibility index (Phi) is 5.81. The minimum atomic E-state index is -0.787. The lowest BCUT2D eigenvalue weighted by Gasteiger charge is -2.07. The van der Waals surface area contributed by atoms with Crippen molar-refractivity contribution in [1.82, 2.24) is 9.78 Å². The molecule has 2 rings (SSSR count). The van der Waals surface area contributed by atoms with E-state index in [4.69, 9.17) is 5.11 Å². The number of amides is 1. The average Bonchev–Trinajstić information content (AvgIpc) is 2.84. The molecule has 0 saturated heterocycles. The molecule has 1 aromatic heterocycles. The van der Waals surface area contributed by atoms with E-state index in [2.05, 4.69) is 10.4 Å². The van der Waals surface area contributed by atoms with Crippen molar-refractivity contribution in [2.75, 3.05) is 11.1 Å². The normalized spacial score (nSPS) is 10.5. The summed E-state index contributed by atoms with van der Waals surface area (Å²) in [6.45, 7) is 1.84. The third kappa shape index (κ3) is 4.85. The highest BCUT2D eigenvalue weighted by Crippen LogP contribution is 2.18. The molecule has 0 radical (unpaired) electrons. The van der Waals surface area contributed by atoms with E-state index in [9.17, 15) is 9.59 Å². The Morgan fingerprint density at radius 1 is 1.39 bits per heavy atom. The van der Waals surface area contributed by atoms with Crippen molar-refractivity contribution in [3.63, 3.8) is 0 Å². The topological polar surface area (TPSA) is 84.2 Å². The van der Waals surface area contributed by atoms with Crippen LogP contribution in [0.5, 0.6) is 0 Å². The van der Waals surface area contributed by atoms with Crippen LogP contribution in [0.15, 0.2) is 30.5 Å². The van der Waals surface area contributed by atoms with Crippen molar-refractivity contribution in [2.24, 2.45) is 7.05 Å². The fraction of sp³-hybridized carbons (Fsp3) is 0.312. The summed E-state index contributed by atoms with van der Waals surface area (Å²) in [5.41, 5.74) is 3.12. The SMILES string of the molecule is Cc1c(C(=O)Nc2cccc(CSCCC(=O)O)c2)cnn1C. The Morgan fingerprint density at radius 2 is 2.17 bits per heavy atom. The standard InChI is InChI=1S/C16H19N3O3S/c1-11-14(9-17-19(11)2)16(22)18-13-5-3-4-12(8-13)10-23-7-6-15(20)21/h3-5,8-9H,6-7,10H2,1-2H3,(H,18,22)(H,20,21). The summed E-state index contributed by atoms with van der Waals surface area (Å²) in [5.74, 6) is 0.306. The molecular weight excluding hydrogens is 314 g/mol. The van der Waals surface area contributed by atoms with Crippen molar-refractivity contribution in [1.29, 1.82) is 0 Å². The molecule has 1 heterocycles. The lowest BCUT2D eigenvalue weighted by atomic mass is 10.2. The lowest BCUT2D eigenvalue weighted by Crippen LogP contribution is -2.13. The minimum absolute atomic E-state index is 0.154. The van der Waals surface area contributed by atoms with E-state index in [-0.39, 0.29) is 12.3 Å². The number of aromatic nitrogens is 2. The van der Waals surface area contributed by atoms with Gasteiger partial charge in [-0.05, 0) is 24.6 Å². The van der Waals surface area contributed by atoms with Crippen LogP contribution in [0.25, 0.3) is 0 Å². The van der Waals surface area contributed by atoms with Crippen LogP contribution in [-0.4, -0.2) is 32.5 Å². The first-order valence-corrected chi connectivity index (χ1v) is 8.31. The number of rotatable bonds is 7. The van der Waals surface area contributed by atoms with Crippen LogP contribution >= 0.6 is 11.8 Å². The molecule has 0 spiro atoms. The van der Waals surface area contributed by atoms with E-state index >= 15 is 0 Å². The van der Waals surface area contributed by atoms with Gasteiger partial charge >= 0.3 is 5.97 Å². The largest absolute Gasteiger partial charge is 0.481 e. The number of thioether (sulfide) groups is 1. The quantitative estimate of drug-likeness (QED) is 0.761. The van der Waals surface area contributed by atoms with Gasteiger partial charge in [0, 0.05) is 29.9 Å². The molecule has 0 fully saturated rings. The lowest BCUT2D eigenvalue weighted by molar-refractivity contribution is -0.136. The molecule has 2 aromatic rings. The van der Waals surface area contributed by atoms with E-state index in [1.165, 1.54) is 0 Å². The molecule has 7 heteroatoms. The van der Waals surface area contributed by atoms with E-state index < -0.39 is 5.97 Å². The van der Waals surface area contributed by atoms with Crippen LogP contribution in [0.3, 0.4) is 0 Å². The third-order valence-corrected chi connectivity index (χ3v) is 4.42. The number of carboxylic acid groups (broad SMARTS) is 1. The zero-order valence-electron chi connectivity index (χ0n) is 13.1. The molecule has 122 valence electrons. The van der Waals surface area contributed by atoms with Crippen molar-refractivity contribution < 1.29 is 14.7 Å². The smallest absolute Gasteiger partial charge is 0.304 e. The van der Waals surface area contributed by atoms with Gasteiger partial charge in [0.15, 0.2) is 0 Å². The average molecular weight is 333 g/mol. The van der Waals surface area contributed by atoms with Gasteiger partial charge in [0.1, 0.15) is 0 Å². The molecule has 0 aliphatic carbocycles. The van der Waals surface area contributed by atoms with E-state index in [1.54, 1.807) is 29.7 Å². The van der Waals surface area contributed by atoms with Crippen LogP contribution in [0.2, 0.25) is 0 Å². The van der Waals surface area contributed by atoms with E-state index in [1.807, 2.05) is 31.2 Å². The monoisotopic (exact) mass is 333 g/mol. The van der Waals surface area contributed by atoms with Gasteiger partial charge in [-0.15, -0.1) is 0 Å². The number of nitrogens with one attached hydrogen (secondary N) is 1. The number of aryl methyl sites for hydroxylation is 1. The second kappa shape index (κ2) is 7.82. The molecule has 0 unspecified atom stereocenters. The Labute approximate surface area is 138 Å². The van der Waals surface area contributed by atoms with Gasteiger partial charge in [-0.3, -0.25) is 14.3 Å². The molecule has 0 aliphatic rings. The number of carbonyl (C=O) groups excluding carboxylic acids is 1. The number of nitrogens with zero attached hydrogens (tertiary/aromatic N) is 2. The Balaban J connectivity index is 1.95. The molecule has 2 N–H and O–H groups in total. The van der Waals surface area contributed by atoms with Gasteiger partial charge in [-0.2, -0.15) is 16.9 Å². The third-order valence-electron chi connectivity index (χ3n) is 3.39. The maximum Gasteiger partial charge on any atom is 0.304 e. The maximum absolute atomic E-state index is 12.3. The summed E-state index contributed by atoms with van der Waals surface area (Å²) >= 11 is 1.56. The van der Waals surface area contributed by atoms with E-state index in [0.717, 1.165) is 16.9 Å². The van der Waals surface area contributed by atoms with Crippen LogP contribution < -0.4 is 5.32 Å². The molecule has 0 atom stereocenters. The summed E-state index contributed by atoms with van der Waals surface area (Å²) in [6.07, 6.45) is 1.71. The van der Waals surface area contributed by atoms with E-state index in [0.29, 0.717) is 17.1 Å². The summed E-state index contributed by atoms with van der Waals surface area (Å²) < 4.78 is 1.66. The van der Waals surface area contributed by atoms with Gasteiger partial charge in [-0.25, -0.2) is 0 Å². The first-order chi connectivity index (χ1) is 11.0. The zero-order chi connectivity index (χ0) is 16.8. The predicted molar refractivity (Wildman–Crippen MR) is 90.8 cm³/mol. The first kappa shape index (κ1) is 17.1. The summed E-state index contributed by atoms with van der Waals surface area (Å²) in [5, 5.41) is 15.5. The Bertz CT molecular complexity index is 712. The fourth-order valence-electron chi connectivity index (χ4n) is 2.01. The molecule has 0 aliphatic heterocycles. The van der Waals surface area contributed by atoms with Crippen LogP contribution in [0, 0.1) is 6.92 Å². The summed E-state index contributed by atoms with van der Waals surface area (Å²) in [4.78, 5) is 22.7. The van der Waals surface area contributed by atoms with Crippen molar-refractivity contribution in [3.05, 3.63) is 47.3 Å². The number of aliphatic carboxylic acids is 1. The van der Waals surface area contributed by atoms with Crippen molar-refractivity contribution >= 4 is 29.3 Å².